The van der Waals surface area contributed by atoms with Gasteiger partial charge in [0.1, 0.15) is 5.70 Å². The van der Waals surface area contributed by atoms with Crippen LogP contribution in [0.15, 0.2) is 25.4 Å². The predicted molar refractivity (Wildman–Crippen MR) is 102 cm³/mol. The monoisotopic (exact) mass is 417 g/mol. The summed E-state index contributed by atoms with van der Waals surface area (Å²) in [6, 6.07) is 1.54. The first-order valence-electron chi connectivity index (χ1n) is 9.78. The maximum atomic E-state index is 13.0. The smallest absolute Gasteiger partial charge is 0.453 e. The van der Waals surface area contributed by atoms with E-state index in [-0.39, 0.29) is 35.8 Å². The van der Waals surface area contributed by atoms with Crippen LogP contribution in [0.5, 0.6) is 0 Å². The highest BCUT2D eigenvalue weighted by Gasteiger charge is 2.57. The Balaban J connectivity index is 1.67. The SMILES string of the molecule is CCn1nc(C2=C(C(=O)OCc3oc(=O)oc3C)N3C(=O)[C@H]([C@@H](C)O)[C@H]3C2)cc1C. The number of esters is 1. The number of ether oxygens (including phenoxy) is 1. The zero-order valence-electron chi connectivity index (χ0n) is 17.2. The molecule has 0 bridgehead atoms. The highest BCUT2D eigenvalue weighted by atomic mass is 16.6. The van der Waals surface area contributed by atoms with Crippen molar-refractivity contribution < 1.29 is 28.3 Å². The number of amides is 1. The third-order valence-corrected chi connectivity index (χ3v) is 5.68. The van der Waals surface area contributed by atoms with Gasteiger partial charge in [0.2, 0.25) is 5.91 Å². The van der Waals surface area contributed by atoms with Gasteiger partial charge < -0.3 is 23.6 Å². The predicted octanol–water partition coefficient (Wildman–Crippen LogP) is 1.13. The molecule has 2 aliphatic rings. The fourth-order valence-electron chi connectivity index (χ4n) is 4.17. The van der Waals surface area contributed by atoms with E-state index >= 15 is 0 Å². The van der Waals surface area contributed by atoms with Crippen molar-refractivity contribution in [2.45, 2.75) is 59.4 Å². The van der Waals surface area contributed by atoms with Crippen molar-refractivity contribution in [3.05, 3.63) is 45.3 Å². The maximum absolute atomic E-state index is 13.0. The summed E-state index contributed by atoms with van der Waals surface area (Å²) in [6.45, 7) is 7.33. The van der Waals surface area contributed by atoms with E-state index in [0.717, 1.165) is 5.69 Å². The lowest BCUT2D eigenvalue weighted by atomic mass is 9.83. The average molecular weight is 417 g/mol. The van der Waals surface area contributed by atoms with Gasteiger partial charge in [-0.2, -0.15) is 5.10 Å². The minimum atomic E-state index is -0.877. The zero-order valence-corrected chi connectivity index (χ0v) is 17.2. The van der Waals surface area contributed by atoms with Crippen LogP contribution in [0.1, 0.15) is 43.2 Å². The van der Waals surface area contributed by atoms with Crippen LogP contribution in [0.4, 0.5) is 0 Å². The van der Waals surface area contributed by atoms with Gasteiger partial charge in [0.05, 0.1) is 23.8 Å². The number of aryl methyl sites for hydroxylation is 3. The number of carbonyl (C=O) groups is 2. The Labute approximate surface area is 171 Å². The van der Waals surface area contributed by atoms with Crippen LogP contribution in [0, 0.1) is 19.8 Å². The topological polar surface area (TPSA) is 128 Å². The molecule has 4 rings (SSSR count). The first-order valence-corrected chi connectivity index (χ1v) is 9.78. The number of aromatic nitrogens is 2. The summed E-state index contributed by atoms with van der Waals surface area (Å²) in [5, 5.41) is 14.5. The Bertz CT molecular complexity index is 1100. The molecule has 10 nitrogen and oxygen atoms in total. The summed E-state index contributed by atoms with van der Waals surface area (Å²) < 4.78 is 16.8. The molecule has 30 heavy (non-hydrogen) atoms. The third kappa shape index (κ3) is 3.07. The summed E-state index contributed by atoms with van der Waals surface area (Å²) in [6.07, 6.45) is -0.431. The molecule has 0 aliphatic carbocycles. The fourth-order valence-corrected chi connectivity index (χ4v) is 4.17. The molecule has 1 fully saturated rings. The van der Waals surface area contributed by atoms with E-state index in [0.29, 0.717) is 24.2 Å². The molecule has 0 saturated carbocycles. The average Bonchev–Trinajstić information content (AvgIpc) is 3.31. The van der Waals surface area contributed by atoms with Gasteiger partial charge in [0.25, 0.3) is 0 Å². The second-order valence-corrected chi connectivity index (χ2v) is 7.57. The number of rotatable bonds is 6. The number of aliphatic hydroxyl groups is 1. The first kappa shape index (κ1) is 20.1. The fraction of sp³-hybridized carbons (Fsp3) is 0.500. The van der Waals surface area contributed by atoms with Crippen LogP contribution in [-0.2, 0) is 27.5 Å². The van der Waals surface area contributed by atoms with Crippen molar-refractivity contribution in [2.75, 3.05) is 0 Å². The second-order valence-electron chi connectivity index (χ2n) is 7.57. The molecule has 0 spiro atoms. The molecule has 2 aliphatic heterocycles. The van der Waals surface area contributed by atoms with Crippen LogP contribution in [0.3, 0.4) is 0 Å². The molecule has 1 N–H and O–H groups in total. The Morgan fingerprint density at radius 1 is 1.37 bits per heavy atom. The van der Waals surface area contributed by atoms with E-state index in [1.165, 1.54) is 11.8 Å². The third-order valence-electron chi connectivity index (χ3n) is 5.68. The van der Waals surface area contributed by atoms with Crippen LogP contribution in [0.25, 0.3) is 5.57 Å². The summed E-state index contributed by atoms with van der Waals surface area (Å²) in [4.78, 5) is 38.2. The molecule has 160 valence electrons. The zero-order chi connectivity index (χ0) is 21.7. The number of nitrogens with zero attached hydrogens (tertiary/aromatic N) is 3. The van der Waals surface area contributed by atoms with Crippen molar-refractivity contribution in [2.24, 2.45) is 5.92 Å². The van der Waals surface area contributed by atoms with E-state index in [4.69, 9.17) is 13.6 Å². The Morgan fingerprint density at radius 3 is 2.67 bits per heavy atom. The first-order chi connectivity index (χ1) is 14.2. The van der Waals surface area contributed by atoms with Gasteiger partial charge in [-0.15, -0.1) is 0 Å². The van der Waals surface area contributed by atoms with Gasteiger partial charge in [-0.25, -0.2) is 9.59 Å². The van der Waals surface area contributed by atoms with E-state index in [2.05, 4.69) is 5.10 Å². The number of carbonyl (C=O) groups excluding carboxylic acids is 2. The van der Waals surface area contributed by atoms with Gasteiger partial charge in [0, 0.05) is 17.8 Å². The number of aliphatic hydroxyl groups excluding tert-OH is 1. The van der Waals surface area contributed by atoms with E-state index in [1.807, 2.05) is 19.9 Å². The lowest BCUT2D eigenvalue weighted by Crippen LogP contribution is -2.61. The van der Waals surface area contributed by atoms with Gasteiger partial charge in [0.15, 0.2) is 18.1 Å². The van der Waals surface area contributed by atoms with E-state index < -0.39 is 23.8 Å². The van der Waals surface area contributed by atoms with Crippen LogP contribution < -0.4 is 5.82 Å². The molecule has 1 amide bonds. The van der Waals surface area contributed by atoms with Crippen LogP contribution >= 0.6 is 0 Å². The summed E-state index contributed by atoms with van der Waals surface area (Å²) >= 11 is 0. The van der Waals surface area contributed by atoms with Crippen molar-refractivity contribution in [1.29, 1.82) is 0 Å². The van der Waals surface area contributed by atoms with E-state index in [9.17, 15) is 19.5 Å². The lowest BCUT2D eigenvalue weighted by Gasteiger charge is -2.44. The summed E-state index contributed by atoms with van der Waals surface area (Å²) in [7, 11) is 0. The molecule has 2 aromatic heterocycles. The van der Waals surface area contributed by atoms with Crippen molar-refractivity contribution in [3.8, 4) is 0 Å². The highest BCUT2D eigenvalue weighted by molar-refractivity contribution is 6.06. The normalized spacial score (nSPS) is 21.6. The lowest BCUT2D eigenvalue weighted by molar-refractivity contribution is -0.162. The second kappa shape index (κ2) is 7.28. The van der Waals surface area contributed by atoms with E-state index in [1.54, 1.807) is 11.6 Å². The maximum Gasteiger partial charge on any atom is 0.519 e. The van der Waals surface area contributed by atoms with Crippen molar-refractivity contribution in [1.82, 2.24) is 14.7 Å². The Kier molecular flexibility index (Phi) is 4.89. The molecular formula is C20H23N3O7. The van der Waals surface area contributed by atoms with Gasteiger partial charge in [-0.1, -0.05) is 0 Å². The molecule has 0 aromatic carbocycles. The van der Waals surface area contributed by atoms with Crippen molar-refractivity contribution >= 4 is 17.4 Å². The molecular weight excluding hydrogens is 394 g/mol. The van der Waals surface area contributed by atoms with Gasteiger partial charge in [-0.3, -0.25) is 9.48 Å². The Hall–Kier alpha value is -3.14. The molecule has 0 radical (unpaired) electrons. The molecule has 2 aromatic rings. The molecule has 3 atom stereocenters. The molecule has 4 heterocycles. The molecule has 0 unspecified atom stereocenters. The number of hydrogen-bond acceptors (Lipinski definition) is 8. The van der Waals surface area contributed by atoms with Gasteiger partial charge in [-0.05, 0) is 40.2 Å². The molecule has 1 saturated heterocycles. The number of fused-ring (bicyclic) bond motifs is 1. The summed E-state index contributed by atoms with van der Waals surface area (Å²) in [5.74, 6) is -2.18. The summed E-state index contributed by atoms with van der Waals surface area (Å²) in [5.41, 5.74) is 2.24. The largest absolute Gasteiger partial charge is 0.519 e. The Morgan fingerprint density at radius 2 is 2.10 bits per heavy atom. The van der Waals surface area contributed by atoms with Crippen LogP contribution in [-0.4, -0.2) is 43.8 Å². The van der Waals surface area contributed by atoms with Crippen molar-refractivity contribution in [3.63, 3.8) is 0 Å². The standard InChI is InChI=1S/C20H23N3O7/c1-5-22-9(2)6-13(21-22)12-7-14-16(10(3)24)18(25)23(14)17(12)19(26)28-8-15-11(4)29-20(27)30-15/h6,10,14,16,24H,5,7-8H2,1-4H3/t10-,14-,16-/m1/s1. The number of hydrogen-bond donors (Lipinski definition) is 1. The van der Waals surface area contributed by atoms with Crippen LogP contribution in [0.2, 0.25) is 0 Å². The minimum absolute atomic E-state index is 0.105. The number of β-lactam (4-membered cyclic amide) rings is 1. The minimum Gasteiger partial charge on any atom is -0.453 e. The highest BCUT2D eigenvalue weighted by Crippen LogP contribution is 2.47. The quantitative estimate of drug-likeness (QED) is 0.547. The molecule has 10 heteroatoms. The van der Waals surface area contributed by atoms with Gasteiger partial charge >= 0.3 is 11.8 Å².